The van der Waals surface area contributed by atoms with Gasteiger partial charge in [0.1, 0.15) is 0 Å². The summed E-state index contributed by atoms with van der Waals surface area (Å²) >= 11 is 0. The molecule has 0 rings (SSSR count). The number of allylic oxidation sites excluding steroid dienone is 2. The Morgan fingerprint density at radius 3 is 1.00 bits per heavy atom. The largest absolute Gasteiger partial charge is 2.00 e. The summed E-state index contributed by atoms with van der Waals surface area (Å²) in [6.45, 7) is 13.0. The van der Waals surface area contributed by atoms with Crippen molar-refractivity contribution in [1.82, 2.24) is 0 Å². The van der Waals surface area contributed by atoms with E-state index in [-0.39, 0.29) is 17.1 Å². The van der Waals surface area contributed by atoms with E-state index in [0.29, 0.717) is 0 Å². The third-order valence-electron chi connectivity index (χ3n) is 0. The van der Waals surface area contributed by atoms with Gasteiger partial charge in [-0.2, -0.15) is 0 Å². The molecule has 0 fully saturated rings. The van der Waals surface area contributed by atoms with E-state index < -0.39 is 0 Å². The Kier molecular flexibility index (Phi) is 96.6. The van der Waals surface area contributed by atoms with Gasteiger partial charge in [-0.1, -0.05) is 0 Å². The first kappa shape index (κ1) is 15.9. The van der Waals surface area contributed by atoms with Gasteiger partial charge in [0.2, 0.25) is 0 Å². The molecule has 0 aromatic rings. The molecule has 0 aromatic heterocycles. The minimum Gasteiger partial charge on any atom is -0.245 e. The van der Waals surface area contributed by atoms with E-state index in [1.165, 1.54) is 12.2 Å². The Balaban J connectivity index is -0.0000000400. The molecule has 1 radical (unpaired) electrons. The molecule has 0 aliphatic rings. The molecule has 0 heterocycles. The molecule has 0 saturated carbocycles. The van der Waals surface area contributed by atoms with Crippen LogP contribution in [0.15, 0.2) is 25.3 Å². The van der Waals surface area contributed by atoms with Gasteiger partial charge in [-0.15, -0.1) is 0 Å². The van der Waals surface area contributed by atoms with E-state index in [4.69, 9.17) is 0 Å². The predicted octanol–water partition coefficient (Wildman–Crippen LogP) is 2.01. The molecule has 0 nitrogen and oxygen atoms in total. The molecule has 0 spiro atoms. The summed E-state index contributed by atoms with van der Waals surface area (Å²) in [7, 11) is 0. The molecule has 0 amide bonds. The molecule has 0 saturated heterocycles. The van der Waals surface area contributed by atoms with Gasteiger partial charge in [0.15, 0.2) is 0 Å². The van der Waals surface area contributed by atoms with Crippen LogP contribution in [0.3, 0.4) is 0 Å². The average Bonchev–Trinajstić information content (AvgIpc) is 1.39. The van der Waals surface area contributed by atoms with Crippen molar-refractivity contribution in [2.45, 2.75) is 0 Å². The standard InChI is InChI=1S/2C3H5.Mn/c2*1-3-2;/h2*3H,1-2H2;/q2*-1;+2. The Bertz CT molecular complexity index is 25.2. The second kappa shape index (κ2) is 42.6. The van der Waals surface area contributed by atoms with Crippen LogP contribution >= 0.6 is 0 Å². The Hall–Kier alpha value is -0.261. The molecule has 7 heavy (non-hydrogen) atoms. The molecular weight excluding hydrogens is 127 g/mol. The van der Waals surface area contributed by atoms with Crippen LogP contribution in [0.2, 0.25) is 0 Å². The molecule has 0 aliphatic carbocycles. The zero-order valence-electron chi connectivity index (χ0n) is 4.36. The van der Waals surface area contributed by atoms with Gasteiger partial charge < -0.3 is 0 Å². The monoisotopic (exact) mass is 137 g/mol. The summed E-state index contributed by atoms with van der Waals surface area (Å²) in [4.78, 5) is 0. The van der Waals surface area contributed by atoms with Crippen LogP contribution in [-0.2, 0) is 17.1 Å². The van der Waals surface area contributed by atoms with Crippen LogP contribution < -0.4 is 0 Å². The Morgan fingerprint density at radius 2 is 1.00 bits per heavy atom. The third-order valence-corrected chi connectivity index (χ3v) is 0. The summed E-state index contributed by atoms with van der Waals surface area (Å²) in [5, 5.41) is 0. The second-order valence-electron chi connectivity index (χ2n) is 0.577. The molecule has 41 valence electrons. The van der Waals surface area contributed by atoms with E-state index >= 15 is 0 Å². The van der Waals surface area contributed by atoms with Crippen molar-refractivity contribution in [3.8, 4) is 0 Å². The van der Waals surface area contributed by atoms with Crippen LogP contribution in [0.1, 0.15) is 0 Å². The molecule has 1 heteroatoms. The van der Waals surface area contributed by atoms with Gasteiger partial charge in [0.25, 0.3) is 0 Å². The van der Waals surface area contributed by atoms with E-state index in [1.807, 2.05) is 0 Å². The van der Waals surface area contributed by atoms with Crippen molar-refractivity contribution in [3.63, 3.8) is 0 Å². The fourth-order valence-corrected chi connectivity index (χ4v) is 0. The molecule has 0 aliphatic heterocycles. The van der Waals surface area contributed by atoms with Crippen LogP contribution in [0.5, 0.6) is 0 Å². The SMILES string of the molecule is C=C[CH2-].C=C[CH2-].[Mn+2]. The van der Waals surface area contributed by atoms with Gasteiger partial charge in [0, 0.05) is 0 Å². The molecule has 0 unspecified atom stereocenters. The maximum absolute atomic E-state index is 3.25. The Labute approximate surface area is 56.8 Å². The summed E-state index contributed by atoms with van der Waals surface area (Å²) in [5.41, 5.74) is 0. The van der Waals surface area contributed by atoms with Crippen molar-refractivity contribution in [2.75, 3.05) is 0 Å². The van der Waals surface area contributed by atoms with E-state index in [9.17, 15) is 0 Å². The smallest absolute Gasteiger partial charge is 0.245 e. The van der Waals surface area contributed by atoms with E-state index in [0.717, 1.165) is 0 Å². The first-order valence-electron chi connectivity index (χ1n) is 1.63. The minimum atomic E-state index is 0. The zero-order valence-corrected chi connectivity index (χ0v) is 5.54. The minimum absolute atomic E-state index is 0. The van der Waals surface area contributed by atoms with Crippen LogP contribution in [0.4, 0.5) is 0 Å². The summed E-state index contributed by atoms with van der Waals surface area (Å²) < 4.78 is 0. The average molecular weight is 137 g/mol. The van der Waals surface area contributed by atoms with Crippen LogP contribution in [-0.4, -0.2) is 0 Å². The topological polar surface area (TPSA) is 0 Å². The van der Waals surface area contributed by atoms with Crippen molar-refractivity contribution in [3.05, 3.63) is 39.2 Å². The number of hydrogen-bond donors (Lipinski definition) is 0. The van der Waals surface area contributed by atoms with E-state index in [2.05, 4.69) is 27.0 Å². The molecule has 0 aromatic carbocycles. The molecular formula is C6H10Mn. The van der Waals surface area contributed by atoms with E-state index in [1.54, 1.807) is 0 Å². The second-order valence-corrected chi connectivity index (χ2v) is 0.577. The summed E-state index contributed by atoms with van der Waals surface area (Å²) in [6, 6.07) is 0. The fourth-order valence-electron chi connectivity index (χ4n) is 0. The van der Waals surface area contributed by atoms with Crippen molar-refractivity contribution in [2.24, 2.45) is 0 Å². The fraction of sp³-hybridized carbons (Fsp3) is 0. The van der Waals surface area contributed by atoms with Crippen molar-refractivity contribution >= 4 is 0 Å². The summed E-state index contributed by atoms with van der Waals surface area (Å²) in [5.74, 6) is 0. The summed E-state index contributed by atoms with van der Waals surface area (Å²) in [6.07, 6.45) is 3.00. The Morgan fingerprint density at radius 1 is 1.00 bits per heavy atom. The van der Waals surface area contributed by atoms with Gasteiger partial charge >= 0.3 is 17.1 Å². The van der Waals surface area contributed by atoms with Crippen molar-refractivity contribution < 1.29 is 17.1 Å². The molecule has 0 N–H and O–H groups in total. The molecule has 0 atom stereocenters. The molecule has 0 bridgehead atoms. The van der Waals surface area contributed by atoms with Crippen LogP contribution in [0, 0.1) is 13.8 Å². The predicted molar refractivity (Wildman–Crippen MR) is 31.1 cm³/mol. The zero-order chi connectivity index (χ0) is 5.41. The maximum Gasteiger partial charge on any atom is 2.00 e. The first-order chi connectivity index (χ1) is 2.83. The van der Waals surface area contributed by atoms with Gasteiger partial charge in [-0.05, 0) is 0 Å². The van der Waals surface area contributed by atoms with Gasteiger partial charge in [0.05, 0.1) is 0 Å². The quantitative estimate of drug-likeness (QED) is 0.354. The van der Waals surface area contributed by atoms with Crippen molar-refractivity contribution in [1.29, 1.82) is 0 Å². The normalized spacial score (nSPS) is 3.43. The number of hydrogen-bond acceptors (Lipinski definition) is 0. The third kappa shape index (κ3) is 1180. The maximum atomic E-state index is 3.25. The number of rotatable bonds is 0. The van der Waals surface area contributed by atoms with Gasteiger partial charge in [-0.25, -0.2) is 39.2 Å². The first-order valence-corrected chi connectivity index (χ1v) is 1.63. The van der Waals surface area contributed by atoms with Crippen LogP contribution in [0.25, 0.3) is 0 Å². The van der Waals surface area contributed by atoms with Gasteiger partial charge in [-0.3, -0.25) is 0 Å².